The summed E-state index contributed by atoms with van der Waals surface area (Å²) in [5.74, 6) is 0. The van der Waals surface area contributed by atoms with Gasteiger partial charge in [-0.1, -0.05) is 5.57 Å². The van der Waals surface area contributed by atoms with Crippen LogP contribution in [0.15, 0.2) is 26.9 Å². The van der Waals surface area contributed by atoms with Crippen LogP contribution in [0.2, 0.25) is 0 Å². The summed E-state index contributed by atoms with van der Waals surface area (Å²) in [7, 11) is 0. The molecule has 0 bridgehead atoms. The highest BCUT2D eigenvalue weighted by Crippen LogP contribution is 2.35. The summed E-state index contributed by atoms with van der Waals surface area (Å²) >= 11 is 0. The number of hydrogen-bond acceptors (Lipinski definition) is 5. The van der Waals surface area contributed by atoms with Crippen molar-refractivity contribution in [3.8, 4) is 0 Å². The monoisotopic (exact) mass is 282 g/mol. The zero-order chi connectivity index (χ0) is 15.0. The fourth-order valence-electron chi connectivity index (χ4n) is 2.32. The summed E-state index contributed by atoms with van der Waals surface area (Å²) in [6.07, 6.45) is -1.20. The van der Waals surface area contributed by atoms with Gasteiger partial charge in [0.25, 0.3) is 5.56 Å². The minimum Gasteiger partial charge on any atom is -0.394 e. The van der Waals surface area contributed by atoms with Crippen LogP contribution in [0.5, 0.6) is 0 Å². The summed E-state index contributed by atoms with van der Waals surface area (Å²) in [5.41, 5.74) is 0.618. The molecule has 0 aromatic carbocycles. The second-order valence-electron chi connectivity index (χ2n) is 5.09. The summed E-state index contributed by atoms with van der Waals surface area (Å²) < 4.78 is 6.76. The number of aromatic nitrogens is 2. The molecule has 3 N–H and O–H groups in total. The predicted octanol–water partition coefficient (Wildman–Crippen LogP) is -0.568. The first-order chi connectivity index (χ1) is 9.36. The number of rotatable bonds is 2. The second kappa shape index (κ2) is 5.35. The van der Waals surface area contributed by atoms with Crippen LogP contribution in [0, 0.1) is 6.92 Å². The Morgan fingerprint density at radius 2 is 2.10 bits per heavy atom. The molecule has 0 radical (unpaired) electrons. The molecule has 0 spiro atoms. The van der Waals surface area contributed by atoms with Crippen LogP contribution in [-0.2, 0) is 4.74 Å². The number of hydrogen-bond donors (Lipinski definition) is 3. The second-order valence-corrected chi connectivity index (χ2v) is 5.09. The molecule has 1 aliphatic rings. The standard InChI is InChI=1S/C13H18N2O5/c1-6(2)9-10(17)8(5-16)20-12(9)15-4-7(3)11(18)14-13(15)19/h4,8,10,12,16-17H,5H2,1-3H3,(H,14,18,19)/t8-,10+,12-/m1/s1. The Labute approximate surface area is 115 Å². The topological polar surface area (TPSA) is 105 Å². The van der Waals surface area contributed by atoms with E-state index in [0.717, 1.165) is 5.57 Å². The minimum atomic E-state index is -0.978. The number of nitrogens with zero attached hydrogens (tertiary/aromatic N) is 1. The lowest BCUT2D eigenvalue weighted by atomic mass is 10.0. The van der Waals surface area contributed by atoms with E-state index in [-0.39, 0.29) is 6.61 Å². The Morgan fingerprint density at radius 1 is 1.45 bits per heavy atom. The fraction of sp³-hybridized carbons (Fsp3) is 0.538. The number of allylic oxidation sites excluding steroid dienone is 1. The van der Waals surface area contributed by atoms with Gasteiger partial charge in [-0.05, 0) is 20.8 Å². The van der Waals surface area contributed by atoms with Crippen molar-refractivity contribution in [2.45, 2.75) is 39.2 Å². The highest BCUT2D eigenvalue weighted by molar-refractivity contribution is 5.24. The number of aromatic amines is 1. The maximum absolute atomic E-state index is 11.9. The molecule has 3 atom stereocenters. The average Bonchev–Trinajstić information content (AvgIpc) is 2.70. The molecule has 1 aromatic rings. The Kier molecular flexibility index (Phi) is 3.94. The smallest absolute Gasteiger partial charge is 0.330 e. The first-order valence-corrected chi connectivity index (χ1v) is 6.30. The molecule has 1 fully saturated rings. The summed E-state index contributed by atoms with van der Waals surface area (Å²) in [5, 5.41) is 19.4. The van der Waals surface area contributed by atoms with Crippen molar-refractivity contribution >= 4 is 0 Å². The Balaban J connectivity index is 2.57. The Morgan fingerprint density at radius 3 is 2.65 bits per heavy atom. The highest BCUT2D eigenvalue weighted by Gasteiger charge is 2.40. The molecule has 0 amide bonds. The van der Waals surface area contributed by atoms with Crippen molar-refractivity contribution in [3.63, 3.8) is 0 Å². The zero-order valence-corrected chi connectivity index (χ0v) is 11.6. The molecule has 0 unspecified atom stereocenters. The lowest BCUT2D eigenvalue weighted by Crippen LogP contribution is -2.34. The van der Waals surface area contributed by atoms with Gasteiger partial charge in [-0.15, -0.1) is 0 Å². The van der Waals surface area contributed by atoms with Crippen molar-refractivity contribution < 1.29 is 14.9 Å². The summed E-state index contributed by atoms with van der Waals surface area (Å²) in [4.78, 5) is 25.5. The number of nitrogens with one attached hydrogen (secondary N) is 1. The van der Waals surface area contributed by atoms with Gasteiger partial charge in [-0.3, -0.25) is 14.3 Å². The van der Waals surface area contributed by atoms with Crippen LogP contribution < -0.4 is 11.2 Å². The van der Waals surface area contributed by atoms with Crippen LogP contribution in [0.3, 0.4) is 0 Å². The van der Waals surface area contributed by atoms with Gasteiger partial charge >= 0.3 is 5.69 Å². The van der Waals surface area contributed by atoms with Gasteiger partial charge in [0, 0.05) is 17.3 Å². The van der Waals surface area contributed by atoms with E-state index in [2.05, 4.69) is 4.98 Å². The number of aliphatic hydroxyl groups excluding tert-OH is 2. The van der Waals surface area contributed by atoms with Crippen LogP contribution in [-0.4, -0.2) is 38.6 Å². The molecule has 0 aliphatic carbocycles. The van der Waals surface area contributed by atoms with E-state index in [1.165, 1.54) is 10.8 Å². The molecule has 1 saturated heterocycles. The Hall–Kier alpha value is -1.70. The number of aryl methyl sites for hydroxylation is 1. The van der Waals surface area contributed by atoms with Crippen molar-refractivity contribution in [2.24, 2.45) is 0 Å². The third kappa shape index (κ3) is 2.35. The van der Waals surface area contributed by atoms with Gasteiger partial charge in [0.2, 0.25) is 0 Å². The van der Waals surface area contributed by atoms with E-state index in [4.69, 9.17) is 4.74 Å². The maximum atomic E-state index is 11.9. The van der Waals surface area contributed by atoms with Crippen molar-refractivity contribution in [3.05, 3.63) is 43.7 Å². The highest BCUT2D eigenvalue weighted by atomic mass is 16.5. The summed E-state index contributed by atoms with van der Waals surface area (Å²) in [6, 6.07) is 0. The van der Waals surface area contributed by atoms with Gasteiger partial charge < -0.3 is 14.9 Å². The van der Waals surface area contributed by atoms with E-state index in [1.807, 2.05) is 0 Å². The minimum absolute atomic E-state index is 0.356. The van der Waals surface area contributed by atoms with E-state index in [9.17, 15) is 19.8 Å². The van der Waals surface area contributed by atoms with Crippen molar-refractivity contribution in [2.75, 3.05) is 6.61 Å². The molecular weight excluding hydrogens is 264 g/mol. The van der Waals surface area contributed by atoms with Gasteiger partial charge in [0.05, 0.1) is 6.61 Å². The molecule has 1 aliphatic heterocycles. The SMILES string of the molecule is CC(C)=C1[C@@H](O)[C@@H](CO)O[C@H]1n1cc(C)c(=O)[nH]c1=O. The average molecular weight is 282 g/mol. The third-order valence-corrected chi connectivity index (χ3v) is 3.40. The Bertz CT molecular complexity index is 653. The first kappa shape index (κ1) is 14.7. The fourth-order valence-corrected chi connectivity index (χ4v) is 2.32. The molecule has 110 valence electrons. The number of aliphatic hydroxyl groups is 2. The van der Waals surface area contributed by atoms with Gasteiger partial charge in [0.1, 0.15) is 12.2 Å². The van der Waals surface area contributed by atoms with Gasteiger partial charge in [-0.25, -0.2) is 4.79 Å². The van der Waals surface area contributed by atoms with Crippen LogP contribution in [0.1, 0.15) is 25.6 Å². The maximum Gasteiger partial charge on any atom is 0.330 e. The predicted molar refractivity (Wildman–Crippen MR) is 71.4 cm³/mol. The zero-order valence-electron chi connectivity index (χ0n) is 11.6. The lowest BCUT2D eigenvalue weighted by molar-refractivity contribution is -0.0448. The quantitative estimate of drug-likeness (QED) is 0.630. The largest absolute Gasteiger partial charge is 0.394 e. The molecule has 0 saturated carbocycles. The normalized spacial score (nSPS) is 26.1. The molecule has 20 heavy (non-hydrogen) atoms. The van der Waals surface area contributed by atoms with Crippen molar-refractivity contribution in [1.29, 1.82) is 0 Å². The van der Waals surface area contributed by atoms with E-state index < -0.39 is 29.7 Å². The first-order valence-electron chi connectivity index (χ1n) is 6.30. The summed E-state index contributed by atoms with van der Waals surface area (Å²) in [6.45, 7) is 4.80. The van der Waals surface area contributed by atoms with E-state index in [0.29, 0.717) is 11.1 Å². The van der Waals surface area contributed by atoms with E-state index >= 15 is 0 Å². The number of H-pyrrole nitrogens is 1. The molecular formula is C13H18N2O5. The molecule has 2 heterocycles. The molecule has 7 heteroatoms. The van der Waals surface area contributed by atoms with E-state index in [1.54, 1.807) is 20.8 Å². The molecule has 7 nitrogen and oxygen atoms in total. The molecule has 2 rings (SSSR count). The van der Waals surface area contributed by atoms with Crippen LogP contribution in [0.4, 0.5) is 0 Å². The molecule has 1 aromatic heterocycles. The van der Waals surface area contributed by atoms with Crippen LogP contribution in [0.25, 0.3) is 0 Å². The number of ether oxygens (including phenoxy) is 1. The van der Waals surface area contributed by atoms with Gasteiger partial charge in [-0.2, -0.15) is 0 Å². The third-order valence-electron chi connectivity index (χ3n) is 3.40. The van der Waals surface area contributed by atoms with Crippen molar-refractivity contribution in [1.82, 2.24) is 9.55 Å². The lowest BCUT2D eigenvalue weighted by Gasteiger charge is -2.17. The van der Waals surface area contributed by atoms with Crippen LogP contribution >= 0.6 is 0 Å². The van der Waals surface area contributed by atoms with Gasteiger partial charge in [0.15, 0.2) is 6.23 Å².